The van der Waals surface area contributed by atoms with E-state index < -0.39 is 0 Å². The highest BCUT2D eigenvalue weighted by molar-refractivity contribution is 14.1. The molecule has 0 aliphatic heterocycles. The molecule has 72 valence electrons. The number of fused-ring (bicyclic) bond motifs is 1. The number of benzene rings is 1. The molecule has 0 saturated carbocycles. The Labute approximate surface area is 98.6 Å². The topological polar surface area (TPSA) is 45.8 Å². The van der Waals surface area contributed by atoms with Crippen molar-refractivity contribution in [3.8, 4) is 0 Å². The van der Waals surface area contributed by atoms with Crippen LogP contribution in [-0.4, -0.2) is 9.97 Å². The molecule has 1 N–H and O–H groups in total. The Bertz CT molecular complexity index is 564. The van der Waals surface area contributed by atoms with E-state index in [2.05, 4.69) is 32.6 Å². The molecule has 0 aliphatic carbocycles. The Morgan fingerprint density at radius 3 is 2.93 bits per heavy atom. The van der Waals surface area contributed by atoms with Crippen molar-refractivity contribution in [3.05, 3.63) is 36.9 Å². The number of halogens is 2. The summed E-state index contributed by atoms with van der Waals surface area (Å²) in [6.07, 6.45) is 0. The van der Waals surface area contributed by atoms with Crippen molar-refractivity contribution in [3.63, 3.8) is 0 Å². The monoisotopic (exact) mass is 320 g/mol. The van der Waals surface area contributed by atoms with Crippen molar-refractivity contribution in [1.82, 2.24) is 9.97 Å². The lowest BCUT2D eigenvalue weighted by Crippen LogP contribution is -2.09. The maximum atomic E-state index is 11.5. The lowest BCUT2D eigenvalue weighted by Gasteiger charge is -2.00. The van der Waals surface area contributed by atoms with E-state index in [1.165, 1.54) is 0 Å². The van der Waals surface area contributed by atoms with Crippen LogP contribution in [0.1, 0.15) is 5.82 Å². The second-order valence-corrected chi connectivity index (χ2v) is 4.50. The van der Waals surface area contributed by atoms with E-state index in [9.17, 15) is 4.79 Å². The predicted octanol–water partition coefficient (Wildman–Crippen LogP) is 2.49. The molecular weight excluding hydrogens is 314 g/mol. The molecule has 0 unspecified atom stereocenters. The number of nitrogens with zero attached hydrogens (tertiary/aromatic N) is 1. The smallest absolute Gasteiger partial charge is 0.258 e. The van der Waals surface area contributed by atoms with Gasteiger partial charge in [-0.3, -0.25) is 4.79 Å². The molecule has 0 atom stereocenters. The number of aromatic nitrogens is 2. The second-order valence-electron chi connectivity index (χ2n) is 2.93. The molecule has 1 aromatic heterocycles. The van der Waals surface area contributed by atoms with Crippen LogP contribution < -0.4 is 5.56 Å². The fourth-order valence-electron chi connectivity index (χ4n) is 1.25. The van der Waals surface area contributed by atoms with Crippen LogP contribution in [0.3, 0.4) is 0 Å². The first-order chi connectivity index (χ1) is 6.58. The Morgan fingerprint density at radius 2 is 2.21 bits per heavy atom. The summed E-state index contributed by atoms with van der Waals surface area (Å²) in [6, 6.07) is 3.45. The standard InChI is InChI=1S/C9H6ClIN2O/c1-4-12-8-3-6(10)7(11)2-5(8)9(14)13-4/h2-3H,1H3,(H,12,13,14). The third kappa shape index (κ3) is 1.64. The number of aryl methyl sites for hydroxylation is 1. The third-order valence-electron chi connectivity index (χ3n) is 1.87. The molecular formula is C9H6ClIN2O. The zero-order valence-corrected chi connectivity index (χ0v) is 10.2. The summed E-state index contributed by atoms with van der Waals surface area (Å²) in [5.74, 6) is 0.597. The van der Waals surface area contributed by atoms with Gasteiger partial charge in [-0.05, 0) is 41.6 Å². The first-order valence-electron chi connectivity index (χ1n) is 3.93. The first-order valence-corrected chi connectivity index (χ1v) is 5.39. The molecule has 0 spiro atoms. The van der Waals surface area contributed by atoms with Crippen LogP contribution in [0.25, 0.3) is 10.9 Å². The lowest BCUT2D eigenvalue weighted by molar-refractivity contribution is 1.06. The van der Waals surface area contributed by atoms with Crippen LogP contribution in [0, 0.1) is 10.5 Å². The van der Waals surface area contributed by atoms with Crippen LogP contribution in [0.5, 0.6) is 0 Å². The minimum absolute atomic E-state index is 0.123. The van der Waals surface area contributed by atoms with Gasteiger partial charge in [-0.25, -0.2) is 4.98 Å². The van der Waals surface area contributed by atoms with Crippen LogP contribution >= 0.6 is 34.2 Å². The largest absolute Gasteiger partial charge is 0.310 e. The molecule has 0 saturated heterocycles. The van der Waals surface area contributed by atoms with Gasteiger partial charge in [0.15, 0.2) is 0 Å². The third-order valence-corrected chi connectivity index (χ3v) is 3.39. The molecule has 3 nitrogen and oxygen atoms in total. The van der Waals surface area contributed by atoms with Gasteiger partial charge in [-0.1, -0.05) is 11.6 Å². The highest BCUT2D eigenvalue weighted by Crippen LogP contribution is 2.22. The molecule has 0 bridgehead atoms. The molecule has 1 aromatic carbocycles. The summed E-state index contributed by atoms with van der Waals surface area (Å²) in [7, 11) is 0. The molecule has 0 aliphatic rings. The van der Waals surface area contributed by atoms with E-state index in [1.807, 2.05) is 0 Å². The lowest BCUT2D eigenvalue weighted by atomic mass is 10.2. The van der Waals surface area contributed by atoms with E-state index in [0.717, 1.165) is 3.57 Å². The number of hydrogen-bond donors (Lipinski definition) is 1. The number of aromatic amines is 1. The summed E-state index contributed by atoms with van der Waals surface area (Å²) in [4.78, 5) is 18.4. The summed E-state index contributed by atoms with van der Waals surface area (Å²) in [5, 5.41) is 1.19. The number of hydrogen-bond acceptors (Lipinski definition) is 2. The maximum absolute atomic E-state index is 11.5. The fourth-order valence-corrected chi connectivity index (χ4v) is 1.88. The molecule has 0 radical (unpaired) electrons. The van der Waals surface area contributed by atoms with E-state index in [1.54, 1.807) is 19.1 Å². The van der Waals surface area contributed by atoms with Crippen molar-refractivity contribution in [2.45, 2.75) is 6.92 Å². The molecule has 0 fully saturated rings. The number of nitrogens with one attached hydrogen (secondary N) is 1. The van der Waals surface area contributed by atoms with Crippen LogP contribution in [-0.2, 0) is 0 Å². The zero-order valence-electron chi connectivity index (χ0n) is 7.27. The van der Waals surface area contributed by atoms with Crippen molar-refractivity contribution in [1.29, 1.82) is 0 Å². The summed E-state index contributed by atoms with van der Waals surface area (Å²) in [6.45, 7) is 1.74. The summed E-state index contributed by atoms with van der Waals surface area (Å²) in [5.41, 5.74) is 0.513. The molecule has 0 amide bonds. The number of H-pyrrole nitrogens is 1. The van der Waals surface area contributed by atoms with Crippen molar-refractivity contribution < 1.29 is 0 Å². The van der Waals surface area contributed by atoms with E-state index in [4.69, 9.17) is 11.6 Å². The SMILES string of the molecule is Cc1nc2cc(Cl)c(I)cc2c(=O)[nH]1. The Morgan fingerprint density at radius 1 is 1.50 bits per heavy atom. The minimum atomic E-state index is -0.123. The minimum Gasteiger partial charge on any atom is -0.310 e. The van der Waals surface area contributed by atoms with Gasteiger partial charge in [-0.15, -0.1) is 0 Å². The van der Waals surface area contributed by atoms with Gasteiger partial charge >= 0.3 is 0 Å². The Balaban J connectivity index is 2.96. The second kappa shape index (κ2) is 3.51. The van der Waals surface area contributed by atoms with Gasteiger partial charge in [0, 0.05) is 3.57 Å². The van der Waals surface area contributed by atoms with Crippen molar-refractivity contribution >= 4 is 45.1 Å². The Kier molecular flexibility index (Phi) is 2.48. The average molecular weight is 321 g/mol. The van der Waals surface area contributed by atoms with E-state index >= 15 is 0 Å². The first kappa shape index (κ1) is 9.92. The molecule has 5 heteroatoms. The van der Waals surface area contributed by atoms with Crippen molar-refractivity contribution in [2.24, 2.45) is 0 Å². The highest BCUT2D eigenvalue weighted by atomic mass is 127. The molecule has 1 heterocycles. The van der Waals surface area contributed by atoms with Crippen LogP contribution in [0.2, 0.25) is 5.02 Å². The molecule has 2 aromatic rings. The van der Waals surface area contributed by atoms with Gasteiger partial charge in [0.25, 0.3) is 5.56 Å². The molecule has 14 heavy (non-hydrogen) atoms. The summed E-state index contributed by atoms with van der Waals surface area (Å²) >= 11 is 8.02. The summed E-state index contributed by atoms with van der Waals surface area (Å²) < 4.78 is 0.855. The van der Waals surface area contributed by atoms with Gasteiger partial charge in [0.05, 0.1) is 15.9 Å². The van der Waals surface area contributed by atoms with Crippen LogP contribution in [0.4, 0.5) is 0 Å². The fraction of sp³-hybridized carbons (Fsp3) is 0.111. The van der Waals surface area contributed by atoms with Crippen LogP contribution in [0.15, 0.2) is 16.9 Å². The van der Waals surface area contributed by atoms with Gasteiger partial charge in [0.1, 0.15) is 5.82 Å². The Hall–Kier alpha value is -0.620. The zero-order chi connectivity index (χ0) is 10.3. The van der Waals surface area contributed by atoms with Gasteiger partial charge < -0.3 is 4.98 Å². The van der Waals surface area contributed by atoms with Gasteiger partial charge in [-0.2, -0.15) is 0 Å². The quantitative estimate of drug-likeness (QED) is 0.758. The maximum Gasteiger partial charge on any atom is 0.258 e. The normalized spacial score (nSPS) is 10.8. The highest BCUT2D eigenvalue weighted by Gasteiger charge is 2.05. The van der Waals surface area contributed by atoms with E-state index in [0.29, 0.717) is 21.7 Å². The average Bonchev–Trinajstić information content (AvgIpc) is 2.08. The van der Waals surface area contributed by atoms with E-state index in [-0.39, 0.29) is 5.56 Å². The predicted molar refractivity (Wildman–Crippen MR) is 64.8 cm³/mol. The van der Waals surface area contributed by atoms with Crippen molar-refractivity contribution in [2.75, 3.05) is 0 Å². The van der Waals surface area contributed by atoms with Gasteiger partial charge in [0.2, 0.25) is 0 Å². The molecule has 2 rings (SSSR count). The number of rotatable bonds is 0.